The minimum absolute atomic E-state index is 0.225. The lowest BCUT2D eigenvalue weighted by Gasteiger charge is -2.09. The van der Waals surface area contributed by atoms with Gasteiger partial charge in [-0.25, -0.2) is 9.59 Å². The SMILES string of the molecule is COC(=O)c1ccc(OC(=O)/C=C\c2ccccc2)c(OC)c1. The van der Waals surface area contributed by atoms with Crippen LogP contribution in [0.5, 0.6) is 11.5 Å². The molecular formula is C18H16O5. The van der Waals surface area contributed by atoms with Crippen molar-refractivity contribution in [3.8, 4) is 11.5 Å². The predicted molar refractivity (Wildman–Crippen MR) is 85.4 cm³/mol. The van der Waals surface area contributed by atoms with Crippen molar-refractivity contribution in [2.24, 2.45) is 0 Å². The number of carbonyl (C=O) groups is 2. The molecule has 2 aromatic rings. The highest BCUT2D eigenvalue weighted by molar-refractivity contribution is 5.91. The Balaban J connectivity index is 2.11. The number of hydrogen-bond acceptors (Lipinski definition) is 5. The van der Waals surface area contributed by atoms with E-state index < -0.39 is 11.9 Å². The predicted octanol–water partition coefficient (Wildman–Crippen LogP) is 3.10. The summed E-state index contributed by atoms with van der Waals surface area (Å²) in [7, 11) is 2.71. The Morgan fingerprint density at radius 3 is 2.35 bits per heavy atom. The van der Waals surface area contributed by atoms with Crippen LogP contribution in [-0.2, 0) is 9.53 Å². The van der Waals surface area contributed by atoms with Gasteiger partial charge in [0.1, 0.15) is 0 Å². The van der Waals surface area contributed by atoms with Crippen LogP contribution in [0.25, 0.3) is 6.08 Å². The van der Waals surface area contributed by atoms with E-state index in [1.54, 1.807) is 6.08 Å². The minimum atomic E-state index is -0.544. The average Bonchev–Trinajstić information content (AvgIpc) is 2.60. The molecule has 0 aliphatic rings. The molecule has 2 aromatic carbocycles. The molecule has 0 fully saturated rings. The summed E-state index contributed by atoms with van der Waals surface area (Å²) < 4.78 is 15.0. The zero-order valence-corrected chi connectivity index (χ0v) is 12.8. The fraction of sp³-hybridized carbons (Fsp3) is 0.111. The first-order chi connectivity index (χ1) is 11.1. The Bertz CT molecular complexity index is 719. The first kappa shape index (κ1) is 16.3. The van der Waals surface area contributed by atoms with Gasteiger partial charge in [-0.3, -0.25) is 0 Å². The lowest BCUT2D eigenvalue weighted by atomic mass is 10.2. The van der Waals surface area contributed by atoms with Gasteiger partial charge in [0.2, 0.25) is 0 Å². The van der Waals surface area contributed by atoms with E-state index in [0.717, 1.165) is 5.56 Å². The summed E-state index contributed by atoms with van der Waals surface area (Å²) >= 11 is 0. The van der Waals surface area contributed by atoms with Crippen LogP contribution in [0.15, 0.2) is 54.6 Å². The molecule has 0 saturated carbocycles. The second-order valence-electron chi connectivity index (χ2n) is 4.52. The molecule has 0 N–H and O–H groups in total. The first-order valence-corrected chi connectivity index (χ1v) is 6.85. The van der Waals surface area contributed by atoms with E-state index in [1.807, 2.05) is 30.3 Å². The smallest absolute Gasteiger partial charge is 0.337 e. The van der Waals surface area contributed by atoms with Crippen molar-refractivity contribution in [3.05, 3.63) is 65.7 Å². The van der Waals surface area contributed by atoms with Crippen LogP contribution in [0.2, 0.25) is 0 Å². The van der Waals surface area contributed by atoms with E-state index in [-0.39, 0.29) is 11.5 Å². The Labute approximate surface area is 134 Å². The highest BCUT2D eigenvalue weighted by Gasteiger charge is 2.13. The number of ether oxygens (including phenoxy) is 3. The first-order valence-electron chi connectivity index (χ1n) is 6.85. The molecule has 0 aliphatic carbocycles. The Hall–Kier alpha value is -3.08. The molecule has 118 valence electrons. The lowest BCUT2D eigenvalue weighted by molar-refractivity contribution is -0.129. The molecular weight excluding hydrogens is 296 g/mol. The van der Waals surface area contributed by atoms with Crippen LogP contribution in [0.1, 0.15) is 15.9 Å². The third-order valence-electron chi connectivity index (χ3n) is 3.01. The Kier molecular flexibility index (Phi) is 5.52. The molecule has 23 heavy (non-hydrogen) atoms. The summed E-state index contributed by atoms with van der Waals surface area (Å²) in [5.41, 5.74) is 1.20. The van der Waals surface area contributed by atoms with Crippen LogP contribution in [-0.4, -0.2) is 26.2 Å². The molecule has 0 atom stereocenters. The van der Waals surface area contributed by atoms with E-state index >= 15 is 0 Å². The number of methoxy groups -OCH3 is 2. The molecule has 0 aromatic heterocycles. The topological polar surface area (TPSA) is 61.8 Å². The molecule has 5 heteroatoms. The van der Waals surface area contributed by atoms with Gasteiger partial charge in [0.15, 0.2) is 11.5 Å². The van der Waals surface area contributed by atoms with E-state index in [0.29, 0.717) is 5.56 Å². The van der Waals surface area contributed by atoms with Crippen molar-refractivity contribution in [1.82, 2.24) is 0 Å². The third kappa shape index (κ3) is 4.44. The van der Waals surface area contributed by atoms with Crippen molar-refractivity contribution in [1.29, 1.82) is 0 Å². The molecule has 0 spiro atoms. The van der Waals surface area contributed by atoms with Crippen molar-refractivity contribution >= 4 is 18.0 Å². The van der Waals surface area contributed by atoms with Gasteiger partial charge in [-0.05, 0) is 29.8 Å². The lowest BCUT2D eigenvalue weighted by Crippen LogP contribution is -2.07. The van der Waals surface area contributed by atoms with Gasteiger partial charge in [0, 0.05) is 6.08 Å². The van der Waals surface area contributed by atoms with Crippen molar-refractivity contribution in [2.75, 3.05) is 14.2 Å². The second kappa shape index (κ2) is 7.79. The second-order valence-corrected chi connectivity index (χ2v) is 4.52. The maximum absolute atomic E-state index is 11.9. The van der Waals surface area contributed by atoms with Gasteiger partial charge in [-0.15, -0.1) is 0 Å². The summed E-state index contributed by atoms with van der Waals surface area (Å²) in [5, 5.41) is 0. The Morgan fingerprint density at radius 2 is 1.70 bits per heavy atom. The molecule has 0 amide bonds. The fourth-order valence-electron chi connectivity index (χ4n) is 1.87. The molecule has 5 nitrogen and oxygen atoms in total. The molecule has 0 bridgehead atoms. The monoisotopic (exact) mass is 312 g/mol. The fourth-order valence-corrected chi connectivity index (χ4v) is 1.87. The van der Waals surface area contributed by atoms with Gasteiger partial charge in [0.05, 0.1) is 19.8 Å². The maximum Gasteiger partial charge on any atom is 0.337 e. The average molecular weight is 312 g/mol. The van der Waals surface area contributed by atoms with Gasteiger partial charge >= 0.3 is 11.9 Å². The molecule has 0 saturated heterocycles. The zero-order chi connectivity index (χ0) is 16.7. The van der Waals surface area contributed by atoms with Crippen molar-refractivity contribution in [3.63, 3.8) is 0 Å². The normalized spacial score (nSPS) is 10.3. The summed E-state index contributed by atoms with van der Waals surface area (Å²) in [6.07, 6.45) is 2.97. The van der Waals surface area contributed by atoms with Crippen LogP contribution in [0, 0.1) is 0 Å². The summed E-state index contributed by atoms with van der Waals surface area (Å²) in [6, 6.07) is 13.8. The van der Waals surface area contributed by atoms with Crippen LogP contribution in [0.4, 0.5) is 0 Å². The molecule has 2 rings (SSSR count). The van der Waals surface area contributed by atoms with E-state index in [9.17, 15) is 9.59 Å². The number of benzene rings is 2. The van der Waals surface area contributed by atoms with Gasteiger partial charge < -0.3 is 14.2 Å². The zero-order valence-electron chi connectivity index (χ0n) is 12.8. The summed E-state index contributed by atoms with van der Waals surface area (Å²) in [5.74, 6) is -0.541. The quantitative estimate of drug-likeness (QED) is 0.482. The van der Waals surface area contributed by atoms with Crippen molar-refractivity contribution < 1.29 is 23.8 Å². The summed E-state index contributed by atoms with van der Waals surface area (Å²) in [6.45, 7) is 0. The molecule has 0 radical (unpaired) electrons. The third-order valence-corrected chi connectivity index (χ3v) is 3.01. The van der Waals surface area contributed by atoms with Crippen LogP contribution >= 0.6 is 0 Å². The number of rotatable bonds is 5. The van der Waals surface area contributed by atoms with Gasteiger partial charge in [-0.1, -0.05) is 30.3 Å². The number of esters is 2. The molecule has 0 aliphatic heterocycles. The number of carbonyl (C=O) groups excluding carboxylic acids is 2. The van der Waals surface area contributed by atoms with Crippen molar-refractivity contribution in [2.45, 2.75) is 0 Å². The standard InChI is InChI=1S/C18H16O5/c1-21-16-12-14(18(20)22-2)9-10-15(16)23-17(19)11-8-13-6-4-3-5-7-13/h3-12H,1-2H3/b11-8-. The minimum Gasteiger partial charge on any atom is -0.493 e. The van der Waals surface area contributed by atoms with Gasteiger partial charge in [-0.2, -0.15) is 0 Å². The maximum atomic E-state index is 11.9. The molecule has 0 unspecified atom stereocenters. The van der Waals surface area contributed by atoms with Gasteiger partial charge in [0.25, 0.3) is 0 Å². The molecule has 0 heterocycles. The van der Waals surface area contributed by atoms with E-state index in [4.69, 9.17) is 9.47 Å². The highest BCUT2D eigenvalue weighted by Crippen LogP contribution is 2.28. The van der Waals surface area contributed by atoms with Crippen LogP contribution in [0.3, 0.4) is 0 Å². The van der Waals surface area contributed by atoms with Crippen LogP contribution < -0.4 is 9.47 Å². The highest BCUT2D eigenvalue weighted by atomic mass is 16.6. The Morgan fingerprint density at radius 1 is 0.957 bits per heavy atom. The number of hydrogen-bond donors (Lipinski definition) is 0. The van der Waals surface area contributed by atoms with E-state index in [2.05, 4.69) is 4.74 Å². The summed E-state index contributed by atoms with van der Waals surface area (Å²) in [4.78, 5) is 23.4. The van der Waals surface area contributed by atoms with E-state index in [1.165, 1.54) is 38.5 Å². The largest absolute Gasteiger partial charge is 0.493 e.